The molecule has 0 heterocycles. The van der Waals surface area contributed by atoms with Crippen molar-refractivity contribution in [2.45, 2.75) is 26.3 Å². The number of nitrogens with zero attached hydrogens (tertiary/aromatic N) is 2. The van der Waals surface area contributed by atoms with Gasteiger partial charge >= 0.3 is 0 Å². The molecule has 2 aromatic carbocycles. The van der Waals surface area contributed by atoms with Crippen LogP contribution < -0.4 is 14.4 Å². The number of nitrogens with one attached hydrogen (secondary N) is 1. The number of rotatable bonds is 10. The Kier molecular flexibility index (Phi) is 7.98. The summed E-state index contributed by atoms with van der Waals surface area (Å²) in [5.41, 5.74) is 0.656. The number of non-ortho nitro benzene ring substituents is 1. The number of carbonyl (C=O) groups excluding carboxylic acids is 1. The molecule has 0 saturated carbocycles. The lowest BCUT2D eigenvalue weighted by Gasteiger charge is -2.25. The molecule has 1 amide bonds. The minimum Gasteiger partial charge on any atom is -0.497 e. The number of hydrogen-bond acceptors (Lipinski definition) is 6. The Hall–Kier alpha value is -3.14. The highest BCUT2D eigenvalue weighted by atomic mass is 32.2. The van der Waals surface area contributed by atoms with Crippen molar-refractivity contribution in [1.82, 2.24) is 5.32 Å². The van der Waals surface area contributed by atoms with Crippen molar-refractivity contribution < 1.29 is 22.9 Å². The van der Waals surface area contributed by atoms with Gasteiger partial charge in [0.2, 0.25) is 15.9 Å². The van der Waals surface area contributed by atoms with Gasteiger partial charge in [0.05, 0.1) is 30.0 Å². The molecule has 0 saturated heterocycles. The Morgan fingerprint density at radius 1 is 1.19 bits per heavy atom. The van der Waals surface area contributed by atoms with Crippen LogP contribution in [0.3, 0.4) is 0 Å². The maximum absolute atomic E-state index is 12.8. The molecule has 0 bridgehead atoms. The van der Waals surface area contributed by atoms with E-state index in [2.05, 4.69) is 5.32 Å². The van der Waals surface area contributed by atoms with Crippen molar-refractivity contribution in [2.24, 2.45) is 5.92 Å². The van der Waals surface area contributed by atoms with Gasteiger partial charge < -0.3 is 10.1 Å². The summed E-state index contributed by atoms with van der Waals surface area (Å²) >= 11 is 0. The van der Waals surface area contributed by atoms with Gasteiger partial charge in [-0.3, -0.25) is 19.2 Å². The number of amides is 1. The molecule has 0 spiro atoms. The van der Waals surface area contributed by atoms with E-state index < -0.39 is 27.4 Å². The fourth-order valence-electron chi connectivity index (χ4n) is 3.12. The van der Waals surface area contributed by atoms with Gasteiger partial charge in [0.1, 0.15) is 12.3 Å². The number of nitro groups is 1. The van der Waals surface area contributed by atoms with Crippen LogP contribution in [-0.4, -0.2) is 39.2 Å². The largest absolute Gasteiger partial charge is 0.497 e. The molecule has 9 nitrogen and oxygen atoms in total. The first kappa shape index (κ1) is 24.1. The fourth-order valence-corrected chi connectivity index (χ4v) is 3.97. The molecule has 1 atom stereocenters. The average Bonchev–Trinajstić information content (AvgIpc) is 2.70. The highest BCUT2D eigenvalue weighted by Gasteiger charge is 2.24. The molecule has 0 radical (unpaired) electrons. The Balaban J connectivity index is 2.26. The number of benzene rings is 2. The van der Waals surface area contributed by atoms with Crippen molar-refractivity contribution in [3.05, 3.63) is 64.2 Å². The van der Waals surface area contributed by atoms with E-state index >= 15 is 0 Å². The molecule has 31 heavy (non-hydrogen) atoms. The van der Waals surface area contributed by atoms with E-state index in [9.17, 15) is 23.3 Å². The van der Waals surface area contributed by atoms with Crippen molar-refractivity contribution in [2.75, 3.05) is 24.2 Å². The van der Waals surface area contributed by atoms with Gasteiger partial charge in [0.15, 0.2) is 0 Å². The van der Waals surface area contributed by atoms with Gasteiger partial charge in [-0.15, -0.1) is 0 Å². The molecule has 0 aromatic heterocycles. The molecule has 1 N–H and O–H groups in total. The quantitative estimate of drug-likeness (QED) is 0.439. The number of carbonyl (C=O) groups is 1. The minimum absolute atomic E-state index is 0.0525. The summed E-state index contributed by atoms with van der Waals surface area (Å²) in [7, 11) is -2.29. The van der Waals surface area contributed by atoms with Crippen LogP contribution in [-0.2, 0) is 14.8 Å². The van der Waals surface area contributed by atoms with Gasteiger partial charge in [-0.05, 0) is 36.1 Å². The smallest absolute Gasteiger partial charge is 0.271 e. The summed E-state index contributed by atoms with van der Waals surface area (Å²) in [6, 6.07) is 12.1. The lowest BCUT2D eigenvalue weighted by Crippen LogP contribution is -2.41. The topological polar surface area (TPSA) is 119 Å². The lowest BCUT2D eigenvalue weighted by molar-refractivity contribution is -0.384. The SMILES string of the molecule is COc1ccc(C(CC(C)C)NC(=O)CN(c2cccc([N+](=O)[O-])c2)S(C)(=O)=O)cc1. The molecule has 0 aliphatic heterocycles. The summed E-state index contributed by atoms with van der Waals surface area (Å²) in [5.74, 6) is 0.445. The van der Waals surface area contributed by atoms with Crippen LogP contribution in [0.2, 0.25) is 0 Å². The molecule has 168 valence electrons. The predicted molar refractivity (Wildman–Crippen MR) is 119 cm³/mol. The summed E-state index contributed by atoms with van der Waals surface area (Å²) in [6.07, 6.45) is 1.60. The number of anilines is 1. The molecule has 2 rings (SSSR count). The first-order valence-electron chi connectivity index (χ1n) is 9.66. The van der Waals surface area contributed by atoms with Crippen LogP contribution >= 0.6 is 0 Å². The number of hydrogen-bond donors (Lipinski definition) is 1. The zero-order valence-electron chi connectivity index (χ0n) is 17.9. The highest BCUT2D eigenvalue weighted by Crippen LogP contribution is 2.25. The van der Waals surface area contributed by atoms with Gasteiger partial charge in [-0.1, -0.05) is 32.0 Å². The summed E-state index contributed by atoms with van der Waals surface area (Å²) in [4.78, 5) is 23.2. The number of methoxy groups -OCH3 is 1. The Morgan fingerprint density at radius 3 is 2.35 bits per heavy atom. The van der Waals surface area contributed by atoms with Gasteiger partial charge in [0, 0.05) is 12.1 Å². The zero-order valence-corrected chi connectivity index (χ0v) is 18.8. The first-order valence-corrected chi connectivity index (χ1v) is 11.5. The zero-order chi connectivity index (χ0) is 23.2. The van der Waals surface area contributed by atoms with E-state index in [1.54, 1.807) is 19.2 Å². The van der Waals surface area contributed by atoms with Crippen LogP contribution in [0.25, 0.3) is 0 Å². The van der Waals surface area contributed by atoms with E-state index in [4.69, 9.17) is 4.74 Å². The van der Waals surface area contributed by atoms with E-state index in [0.29, 0.717) is 12.2 Å². The van der Waals surface area contributed by atoms with E-state index in [1.165, 1.54) is 18.2 Å². The van der Waals surface area contributed by atoms with E-state index in [1.807, 2.05) is 26.0 Å². The summed E-state index contributed by atoms with van der Waals surface area (Å²) in [6.45, 7) is 3.55. The first-order chi connectivity index (χ1) is 14.5. The van der Waals surface area contributed by atoms with Crippen molar-refractivity contribution in [3.63, 3.8) is 0 Å². The van der Waals surface area contributed by atoms with E-state index in [0.717, 1.165) is 22.2 Å². The van der Waals surface area contributed by atoms with Gasteiger partial charge in [0.25, 0.3) is 5.69 Å². The van der Waals surface area contributed by atoms with E-state index in [-0.39, 0.29) is 23.3 Å². The van der Waals surface area contributed by atoms with Crippen LogP contribution in [0.1, 0.15) is 31.9 Å². The second-order valence-corrected chi connectivity index (χ2v) is 9.48. The fraction of sp³-hybridized carbons (Fsp3) is 0.381. The second-order valence-electron chi connectivity index (χ2n) is 7.57. The molecule has 0 aliphatic carbocycles. The molecule has 0 fully saturated rings. The third kappa shape index (κ3) is 6.95. The summed E-state index contributed by atoms with van der Waals surface area (Å²) < 4.78 is 30.7. The van der Waals surface area contributed by atoms with Crippen molar-refractivity contribution in [1.29, 1.82) is 0 Å². The monoisotopic (exact) mass is 449 g/mol. The third-order valence-corrected chi connectivity index (χ3v) is 5.72. The number of nitro benzene ring substituents is 1. The molecule has 10 heteroatoms. The lowest BCUT2D eigenvalue weighted by atomic mass is 9.97. The standard InChI is InChI=1S/C21H27N3O6S/c1-15(2)12-20(16-8-10-19(30-3)11-9-16)22-21(25)14-23(31(4,28)29)17-6-5-7-18(13-17)24(26)27/h5-11,13,15,20H,12,14H2,1-4H3,(H,22,25). The predicted octanol–water partition coefficient (Wildman–Crippen LogP) is 3.27. The van der Waals surface area contributed by atoms with Crippen LogP contribution in [0.15, 0.2) is 48.5 Å². The third-order valence-electron chi connectivity index (χ3n) is 4.58. The maximum Gasteiger partial charge on any atom is 0.271 e. The van der Waals surface area contributed by atoms with Gasteiger partial charge in [-0.2, -0.15) is 0 Å². The molecular weight excluding hydrogens is 422 g/mol. The maximum atomic E-state index is 12.8. The average molecular weight is 450 g/mol. The number of ether oxygens (including phenoxy) is 1. The van der Waals surface area contributed by atoms with Crippen molar-refractivity contribution >= 4 is 27.3 Å². The molecule has 1 unspecified atom stereocenters. The minimum atomic E-state index is -3.85. The van der Waals surface area contributed by atoms with Crippen molar-refractivity contribution in [3.8, 4) is 5.75 Å². The normalized spacial score (nSPS) is 12.3. The van der Waals surface area contributed by atoms with Gasteiger partial charge in [-0.25, -0.2) is 8.42 Å². The highest BCUT2D eigenvalue weighted by molar-refractivity contribution is 7.92. The van der Waals surface area contributed by atoms with Crippen LogP contribution in [0.5, 0.6) is 5.75 Å². The molecule has 2 aromatic rings. The van der Waals surface area contributed by atoms with Crippen LogP contribution in [0, 0.1) is 16.0 Å². The Labute approximate surface area is 182 Å². The van der Waals surface area contributed by atoms with Crippen LogP contribution in [0.4, 0.5) is 11.4 Å². The molecular formula is C21H27N3O6S. The number of sulfonamides is 1. The Morgan fingerprint density at radius 2 is 1.84 bits per heavy atom. The second kappa shape index (κ2) is 10.3. The Bertz CT molecular complexity index is 1020. The summed E-state index contributed by atoms with van der Waals surface area (Å²) in [5, 5.41) is 13.9. The molecule has 0 aliphatic rings.